The molecule has 0 bridgehead atoms. The fraction of sp³-hybridized carbons (Fsp3) is 0.250. The lowest BCUT2D eigenvalue weighted by Gasteiger charge is -2.12. The zero-order chi connectivity index (χ0) is 13.2. The maximum absolute atomic E-state index is 12.1. The minimum Gasteiger partial charge on any atom is -0.478 e. The monoisotopic (exact) mass is 381 g/mol. The maximum Gasteiger partial charge on any atom is 0.573 e. The van der Waals surface area contributed by atoms with Gasteiger partial charge < -0.3 is 9.47 Å². The van der Waals surface area contributed by atoms with E-state index in [4.69, 9.17) is 11.6 Å². The van der Waals surface area contributed by atoms with Crippen molar-refractivity contribution in [1.82, 2.24) is 4.98 Å². The molecule has 94 valence electrons. The van der Waals surface area contributed by atoms with Crippen molar-refractivity contribution in [1.29, 1.82) is 0 Å². The number of pyridine rings is 1. The molecule has 0 atom stereocenters. The second kappa shape index (κ2) is 5.25. The number of halogens is 5. The van der Waals surface area contributed by atoms with Crippen molar-refractivity contribution in [2.75, 3.05) is 7.11 Å². The van der Waals surface area contributed by atoms with Crippen molar-refractivity contribution in [3.8, 4) is 11.6 Å². The van der Waals surface area contributed by atoms with Crippen LogP contribution in [0.3, 0.4) is 0 Å². The average Bonchev–Trinajstić information content (AvgIpc) is 2.17. The largest absolute Gasteiger partial charge is 0.573 e. The molecule has 0 aliphatic rings. The molecule has 0 N–H and O–H groups in total. The molecule has 9 heteroatoms. The molecular weight excluding hydrogens is 377 g/mol. The van der Waals surface area contributed by atoms with Gasteiger partial charge in [-0.05, 0) is 34.2 Å². The number of rotatable bonds is 3. The van der Waals surface area contributed by atoms with Gasteiger partial charge in [-0.25, -0.2) is 4.98 Å². The summed E-state index contributed by atoms with van der Waals surface area (Å²) in [6.45, 7) is 0. The van der Waals surface area contributed by atoms with Crippen LogP contribution < -0.4 is 9.47 Å². The second-order valence-corrected chi connectivity index (χ2v) is 4.02. The van der Waals surface area contributed by atoms with E-state index in [-0.39, 0.29) is 15.1 Å². The number of methoxy groups -OCH3 is 1. The van der Waals surface area contributed by atoms with Crippen LogP contribution in [0.5, 0.6) is 11.6 Å². The molecule has 0 saturated heterocycles. The van der Waals surface area contributed by atoms with Crippen molar-refractivity contribution in [3.63, 3.8) is 0 Å². The second-order valence-electron chi connectivity index (χ2n) is 2.66. The van der Waals surface area contributed by atoms with Gasteiger partial charge >= 0.3 is 6.36 Å². The molecule has 0 fully saturated rings. The Kier molecular flexibility index (Phi) is 4.42. The van der Waals surface area contributed by atoms with E-state index < -0.39 is 17.4 Å². The van der Waals surface area contributed by atoms with E-state index in [0.717, 1.165) is 13.2 Å². The van der Waals surface area contributed by atoms with Crippen molar-refractivity contribution < 1.29 is 27.4 Å². The summed E-state index contributed by atoms with van der Waals surface area (Å²) < 4.78 is 44.6. The Hall–Kier alpha value is -0.770. The topological polar surface area (TPSA) is 48.4 Å². The number of carbonyl (C=O) groups excluding carboxylic acids is 1. The number of nitrogens with zero attached hydrogens (tertiary/aromatic N) is 1. The van der Waals surface area contributed by atoms with Gasteiger partial charge in [-0.3, -0.25) is 4.79 Å². The predicted molar refractivity (Wildman–Crippen MR) is 60.4 cm³/mol. The van der Waals surface area contributed by atoms with E-state index in [2.05, 4.69) is 14.5 Å². The first-order valence-corrected chi connectivity index (χ1v) is 5.40. The molecule has 0 amide bonds. The van der Waals surface area contributed by atoms with Gasteiger partial charge in [0, 0.05) is 6.07 Å². The molecule has 0 aliphatic carbocycles. The summed E-state index contributed by atoms with van der Waals surface area (Å²) in [4.78, 5) is 14.6. The van der Waals surface area contributed by atoms with E-state index in [1.807, 2.05) is 0 Å². The Morgan fingerprint density at radius 1 is 1.53 bits per heavy atom. The molecule has 0 saturated carbocycles. The number of aromatic nitrogens is 1. The highest BCUT2D eigenvalue weighted by atomic mass is 127. The van der Waals surface area contributed by atoms with Crippen LogP contribution in [-0.2, 0) is 0 Å². The summed E-state index contributed by atoms with van der Waals surface area (Å²) in [6, 6.07) is 0.830. The number of hydrogen-bond donors (Lipinski definition) is 0. The van der Waals surface area contributed by atoms with Crippen LogP contribution in [0.25, 0.3) is 0 Å². The van der Waals surface area contributed by atoms with Gasteiger partial charge in [-0.2, -0.15) is 0 Å². The summed E-state index contributed by atoms with van der Waals surface area (Å²) >= 11 is 6.83. The zero-order valence-corrected chi connectivity index (χ0v) is 11.1. The Labute approximate surface area is 112 Å². The fourth-order valence-electron chi connectivity index (χ4n) is 0.939. The first-order valence-electron chi connectivity index (χ1n) is 3.94. The van der Waals surface area contributed by atoms with Gasteiger partial charge in [-0.1, -0.05) is 0 Å². The van der Waals surface area contributed by atoms with E-state index in [1.165, 1.54) is 0 Å². The third kappa shape index (κ3) is 3.87. The minimum atomic E-state index is -4.91. The molecule has 1 aromatic heterocycles. The van der Waals surface area contributed by atoms with E-state index >= 15 is 0 Å². The van der Waals surface area contributed by atoms with Gasteiger partial charge in [0.1, 0.15) is 3.70 Å². The minimum absolute atomic E-state index is 0.119. The normalized spacial score (nSPS) is 11.2. The molecule has 0 aromatic carbocycles. The molecule has 1 rings (SSSR count). The summed E-state index contributed by atoms with van der Waals surface area (Å²) in [5.74, 6) is -1.10. The predicted octanol–water partition coefficient (Wildman–Crippen LogP) is 2.97. The van der Waals surface area contributed by atoms with Gasteiger partial charge in [0.05, 0.1) is 12.7 Å². The van der Waals surface area contributed by atoms with Gasteiger partial charge in [0.2, 0.25) is 0 Å². The quantitative estimate of drug-likeness (QED) is 0.459. The molecule has 1 heterocycles. The Morgan fingerprint density at radius 3 is 2.53 bits per heavy atom. The molecule has 17 heavy (non-hydrogen) atoms. The summed E-state index contributed by atoms with van der Waals surface area (Å²) in [6.07, 6.45) is -4.91. The smallest absolute Gasteiger partial charge is 0.478 e. The van der Waals surface area contributed by atoms with Gasteiger partial charge in [0.15, 0.2) is 5.75 Å². The third-order valence-corrected chi connectivity index (χ3v) is 2.56. The van der Waals surface area contributed by atoms with Crippen LogP contribution in [0, 0.1) is 3.70 Å². The van der Waals surface area contributed by atoms with Crippen LogP contribution in [0.4, 0.5) is 13.2 Å². The van der Waals surface area contributed by atoms with E-state index in [1.54, 1.807) is 22.6 Å². The fourth-order valence-corrected chi connectivity index (χ4v) is 1.86. The molecular formula is C8H4ClF3INO3. The molecule has 1 aromatic rings. The standard InChI is InChI=1S/C8H4ClF3INO3/c1-16-7-4(17-8(10,11)12)2-3(5(9)15)6(13)14-7/h2H,1H3. The van der Waals surface area contributed by atoms with E-state index in [0.29, 0.717) is 0 Å². The molecule has 0 unspecified atom stereocenters. The lowest BCUT2D eigenvalue weighted by Crippen LogP contribution is -2.18. The lowest BCUT2D eigenvalue weighted by molar-refractivity contribution is -0.275. The lowest BCUT2D eigenvalue weighted by atomic mass is 10.3. The molecule has 0 spiro atoms. The Balaban J connectivity index is 3.26. The van der Waals surface area contributed by atoms with Crippen molar-refractivity contribution in [2.24, 2.45) is 0 Å². The van der Waals surface area contributed by atoms with Crippen LogP contribution in [0.2, 0.25) is 0 Å². The van der Waals surface area contributed by atoms with Crippen LogP contribution in [0.15, 0.2) is 6.07 Å². The van der Waals surface area contributed by atoms with Crippen molar-refractivity contribution in [2.45, 2.75) is 6.36 Å². The number of carbonyl (C=O) groups is 1. The highest BCUT2D eigenvalue weighted by Crippen LogP contribution is 2.33. The Bertz CT molecular complexity index is 452. The maximum atomic E-state index is 12.1. The molecule has 0 radical (unpaired) electrons. The van der Waals surface area contributed by atoms with Gasteiger partial charge in [-0.15, -0.1) is 13.2 Å². The number of alkyl halides is 3. The first-order chi connectivity index (χ1) is 7.74. The highest BCUT2D eigenvalue weighted by molar-refractivity contribution is 14.1. The van der Waals surface area contributed by atoms with E-state index in [9.17, 15) is 18.0 Å². The summed E-state index contributed by atoms with van der Waals surface area (Å²) in [5, 5.41) is -0.934. The SMILES string of the molecule is COc1nc(I)c(C(=O)Cl)cc1OC(F)(F)F. The van der Waals surface area contributed by atoms with Crippen LogP contribution in [0.1, 0.15) is 10.4 Å². The average molecular weight is 381 g/mol. The van der Waals surface area contributed by atoms with Gasteiger partial charge in [0.25, 0.3) is 11.1 Å². The Morgan fingerprint density at radius 2 is 2.12 bits per heavy atom. The third-order valence-electron chi connectivity index (χ3n) is 1.54. The number of hydrogen-bond acceptors (Lipinski definition) is 4. The van der Waals surface area contributed by atoms with Crippen LogP contribution >= 0.6 is 34.2 Å². The van der Waals surface area contributed by atoms with Crippen molar-refractivity contribution in [3.05, 3.63) is 15.3 Å². The zero-order valence-electron chi connectivity index (χ0n) is 8.14. The van der Waals surface area contributed by atoms with Crippen molar-refractivity contribution >= 4 is 39.4 Å². The number of ether oxygens (including phenoxy) is 2. The molecule has 0 aliphatic heterocycles. The molecule has 4 nitrogen and oxygen atoms in total. The van der Waals surface area contributed by atoms with Crippen LogP contribution in [-0.4, -0.2) is 23.7 Å². The first kappa shape index (κ1) is 14.3. The summed E-state index contributed by atoms with van der Waals surface area (Å²) in [7, 11) is 1.13. The highest BCUT2D eigenvalue weighted by Gasteiger charge is 2.33. The summed E-state index contributed by atoms with van der Waals surface area (Å²) in [5.41, 5.74) is -0.188.